The molecule has 2 aromatic carbocycles. The zero-order valence-electron chi connectivity index (χ0n) is 14.1. The lowest BCUT2D eigenvalue weighted by atomic mass is 9.99. The standard InChI is InChI=1S/C19H21NO4/c1-12-13(2)16(22-3)6-4-14(12)10-19(21)20-15-5-7-17-18(11-15)24-9-8-23-17/h4-7,11H,8-10H2,1-3H3,(H,20,21). The molecule has 0 saturated carbocycles. The first kappa shape index (κ1) is 16.2. The van der Waals surface area contributed by atoms with Crippen LogP contribution in [0, 0.1) is 13.8 Å². The average Bonchev–Trinajstić information content (AvgIpc) is 2.59. The number of anilines is 1. The highest BCUT2D eigenvalue weighted by atomic mass is 16.6. The number of methoxy groups -OCH3 is 1. The minimum atomic E-state index is -0.0701. The lowest BCUT2D eigenvalue weighted by molar-refractivity contribution is -0.115. The van der Waals surface area contributed by atoms with Crippen LogP contribution in [0.15, 0.2) is 30.3 Å². The Kier molecular flexibility index (Phi) is 4.60. The molecule has 126 valence electrons. The highest BCUT2D eigenvalue weighted by Crippen LogP contribution is 2.32. The molecule has 0 aliphatic carbocycles. The number of ether oxygens (including phenoxy) is 3. The summed E-state index contributed by atoms with van der Waals surface area (Å²) >= 11 is 0. The third-order valence-corrected chi connectivity index (χ3v) is 4.25. The summed E-state index contributed by atoms with van der Waals surface area (Å²) in [6.07, 6.45) is 0.311. The largest absolute Gasteiger partial charge is 0.496 e. The Morgan fingerprint density at radius 3 is 2.58 bits per heavy atom. The van der Waals surface area contributed by atoms with Crippen molar-refractivity contribution >= 4 is 11.6 Å². The van der Waals surface area contributed by atoms with Gasteiger partial charge in [0.1, 0.15) is 19.0 Å². The molecule has 2 aromatic rings. The van der Waals surface area contributed by atoms with Gasteiger partial charge in [0.15, 0.2) is 11.5 Å². The van der Waals surface area contributed by atoms with Gasteiger partial charge in [-0.25, -0.2) is 0 Å². The summed E-state index contributed by atoms with van der Waals surface area (Å²) in [5.41, 5.74) is 3.82. The maximum atomic E-state index is 12.4. The van der Waals surface area contributed by atoms with Gasteiger partial charge < -0.3 is 19.5 Å². The normalized spacial score (nSPS) is 12.6. The summed E-state index contributed by atoms with van der Waals surface area (Å²) in [7, 11) is 1.65. The van der Waals surface area contributed by atoms with Crippen LogP contribution in [0.5, 0.6) is 17.2 Å². The minimum absolute atomic E-state index is 0.0701. The molecule has 1 N–H and O–H groups in total. The molecule has 0 atom stereocenters. The Morgan fingerprint density at radius 1 is 1.08 bits per heavy atom. The Balaban J connectivity index is 1.71. The molecule has 0 aromatic heterocycles. The van der Waals surface area contributed by atoms with Gasteiger partial charge in [0.05, 0.1) is 13.5 Å². The number of carbonyl (C=O) groups is 1. The molecule has 0 bridgehead atoms. The second kappa shape index (κ2) is 6.83. The average molecular weight is 327 g/mol. The SMILES string of the molecule is COc1ccc(CC(=O)Nc2ccc3c(c2)OCCO3)c(C)c1C. The van der Waals surface area contributed by atoms with Crippen LogP contribution in [-0.4, -0.2) is 26.2 Å². The van der Waals surface area contributed by atoms with Crippen molar-refractivity contribution in [1.82, 2.24) is 0 Å². The summed E-state index contributed by atoms with van der Waals surface area (Å²) in [6.45, 7) is 5.07. The maximum absolute atomic E-state index is 12.4. The second-order valence-corrected chi connectivity index (χ2v) is 5.76. The smallest absolute Gasteiger partial charge is 0.228 e. The van der Waals surface area contributed by atoms with Crippen LogP contribution >= 0.6 is 0 Å². The first-order valence-corrected chi connectivity index (χ1v) is 7.91. The number of hydrogen-bond donors (Lipinski definition) is 1. The van der Waals surface area contributed by atoms with E-state index in [1.807, 2.05) is 38.1 Å². The summed E-state index contributed by atoms with van der Waals surface area (Å²) in [5, 5.41) is 2.91. The third-order valence-electron chi connectivity index (χ3n) is 4.25. The fraction of sp³-hybridized carbons (Fsp3) is 0.316. The first-order valence-electron chi connectivity index (χ1n) is 7.91. The molecule has 0 spiro atoms. The number of benzene rings is 2. The van der Waals surface area contributed by atoms with E-state index in [2.05, 4.69) is 5.32 Å². The van der Waals surface area contributed by atoms with Crippen LogP contribution in [0.25, 0.3) is 0 Å². The lowest BCUT2D eigenvalue weighted by Gasteiger charge is -2.19. The second-order valence-electron chi connectivity index (χ2n) is 5.76. The van der Waals surface area contributed by atoms with E-state index in [9.17, 15) is 4.79 Å². The molecule has 5 nitrogen and oxygen atoms in total. The zero-order chi connectivity index (χ0) is 17.1. The monoisotopic (exact) mass is 327 g/mol. The number of fused-ring (bicyclic) bond motifs is 1. The predicted molar refractivity (Wildman–Crippen MR) is 92.2 cm³/mol. The van der Waals surface area contributed by atoms with E-state index in [1.54, 1.807) is 13.2 Å². The summed E-state index contributed by atoms with van der Waals surface area (Å²) < 4.78 is 16.3. The van der Waals surface area contributed by atoms with Crippen molar-refractivity contribution < 1.29 is 19.0 Å². The molecule has 24 heavy (non-hydrogen) atoms. The summed E-state index contributed by atoms with van der Waals surface area (Å²) in [6, 6.07) is 9.25. The van der Waals surface area contributed by atoms with Crippen LogP contribution in [0.2, 0.25) is 0 Å². The van der Waals surface area contributed by atoms with E-state index >= 15 is 0 Å². The topological polar surface area (TPSA) is 56.8 Å². The third kappa shape index (κ3) is 3.30. The number of rotatable bonds is 4. The van der Waals surface area contributed by atoms with Gasteiger partial charge in [-0.2, -0.15) is 0 Å². The van der Waals surface area contributed by atoms with Crippen molar-refractivity contribution in [3.05, 3.63) is 47.0 Å². The van der Waals surface area contributed by atoms with Gasteiger partial charge in [-0.1, -0.05) is 6.07 Å². The maximum Gasteiger partial charge on any atom is 0.228 e. The van der Waals surface area contributed by atoms with Crippen LogP contribution in [-0.2, 0) is 11.2 Å². The van der Waals surface area contributed by atoms with Crippen LogP contribution < -0.4 is 19.5 Å². The fourth-order valence-electron chi connectivity index (χ4n) is 2.76. The van der Waals surface area contributed by atoms with Crippen LogP contribution in [0.4, 0.5) is 5.69 Å². The summed E-state index contributed by atoms with van der Waals surface area (Å²) in [5.74, 6) is 2.14. The van der Waals surface area contributed by atoms with Gasteiger partial charge in [0.25, 0.3) is 0 Å². The highest BCUT2D eigenvalue weighted by molar-refractivity contribution is 5.92. The van der Waals surface area contributed by atoms with Crippen molar-refractivity contribution in [2.24, 2.45) is 0 Å². The molecule has 3 rings (SSSR count). The molecule has 5 heteroatoms. The minimum Gasteiger partial charge on any atom is -0.496 e. The number of hydrogen-bond acceptors (Lipinski definition) is 4. The van der Waals surface area contributed by atoms with E-state index in [4.69, 9.17) is 14.2 Å². The van der Waals surface area contributed by atoms with Crippen LogP contribution in [0.1, 0.15) is 16.7 Å². The lowest BCUT2D eigenvalue weighted by Crippen LogP contribution is -2.17. The van der Waals surface area contributed by atoms with E-state index < -0.39 is 0 Å². The highest BCUT2D eigenvalue weighted by Gasteiger charge is 2.14. The van der Waals surface area contributed by atoms with Crippen molar-refractivity contribution in [2.75, 3.05) is 25.6 Å². The predicted octanol–water partition coefficient (Wildman–Crippen LogP) is 3.26. The molecule has 1 aliphatic rings. The van der Waals surface area contributed by atoms with E-state index in [0.717, 1.165) is 22.4 Å². The molecular formula is C19H21NO4. The zero-order valence-corrected chi connectivity index (χ0v) is 14.1. The van der Waals surface area contributed by atoms with Crippen molar-refractivity contribution in [3.8, 4) is 17.2 Å². The molecule has 1 amide bonds. The van der Waals surface area contributed by atoms with Crippen molar-refractivity contribution in [2.45, 2.75) is 20.3 Å². The molecule has 0 unspecified atom stereocenters. The Labute approximate surface area is 141 Å². The molecule has 0 saturated heterocycles. The molecule has 1 aliphatic heterocycles. The summed E-state index contributed by atoms with van der Waals surface area (Å²) in [4.78, 5) is 12.4. The van der Waals surface area contributed by atoms with Gasteiger partial charge in [0, 0.05) is 11.8 Å². The van der Waals surface area contributed by atoms with Gasteiger partial charge >= 0.3 is 0 Å². The Hall–Kier alpha value is -2.69. The first-order chi connectivity index (χ1) is 11.6. The van der Waals surface area contributed by atoms with Crippen LogP contribution in [0.3, 0.4) is 0 Å². The molecule has 0 radical (unpaired) electrons. The van der Waals surface area contributed by atoms with Gasteiger partial charge in [-0.05, 0) is 48.7 Å². The number of amides is 1. The fourth-order valence-corrected chi connectivity index (χ4v) is 2.76. The van der Waals surface area contributed by atoms with E-state index in [1.165, 1.54) is 0 Å². The quantitative estimate of drug-likeness (QED) is 0.936. The molecule has 1 heterocycles. The van der Waals surface area contributed by atoms with Gasteiger partial charge in [-0.3, -0.25) is 4.79 Å². The van der Waals surface area contributed by atoms with E-state index in [-0.39, 0.29) is 5.91 Å². The molecular weight excluding hydrogens is 306 g/mol. The number of carbonyl (C=O) groups excluding carboxylic acids is 1. The van der Waals surface area contributed by atoms with E-state index in [0.29, 0.717) is 36.8 Å². The van der Waals surface area contributed by atoms with Gasteiger partial charge in [-0.15, -0.1) is 0 Å². The molecule has 0 fully saturated rings. The van der Waals surface area contributed by atoms with Crippen molar-refractivity contribution in [3.63, 3.8) is 0 Å². The van der Waals surface area contributed by atoms with Gasteiger partial charge in [0.2, 0.25) is 5.91 Å². The Bertz CT molecular complexity index is 770. The Morgan fingerprint density at radius 2 is 1.83 bits per heavy atom. The number of nitrogens with one attached hydrogen (secondary N) is 1. The van der Waals surface area contributed by atoms with Crippen molar-refractivity contribution in [1.29, 1.82) is 0 Å².